The number of furan rings is 1. The minimum absolute atomic E-state index is 0.212. The minimum atomic E-state index is -0.626. The highest BCUT2D eigenvalue weighted by molar-refractivity contribution is 5.91. The first-order chi connectivity index (χ1) is 15.1. The number of urea groups is 1. The summed E-state index contributed by atoms with van der Waals surface area (Å²) in [6.07, 6.45) is 0. The largest absolute Gasteiger partial charge is 0.486 e. The predicted molar refractivity (Wildman–Crippen MR) is 118 cm³/mol. The van der Waals surface area contributed by atoms with E-state index in [9.17, 15) is 9.59 Å². The lowest BCUT2D eigenvalue weighted by Gasteiger charge is -2.06. The van der Waals surface area contributed by atoms with Crippen LogP contribution in [0.2, 0.25) is 0 Å². The molecule has 7 heteroatoms. The summed E-state index contributed by atoms with van der Waals surface area (Å²) in [5.41, 5.74) is 6.54. The highest BCUT2D eigenvalue weighted by Gasteiger charge is 2.11. The van der Waals surface area contributed by atoms with Crippen LogP contribution in [0, 0.1) is 0 Å². The third kappa shape index (κ3) is 5.22. The summed E-state index contributed by atoms with van der Waals surface area (Å²) in [4.78, 5) is 23.2. The molecule has 1 heterocycles. The number of ether oxygens (including phenoxy) is 1. The highest BCUT2D eigenvalue weighted by atomic mass is 16.5. The molecule has 0 atom stereocenters. The van der Waals surface area contributed by atoms with E-state index in [4.69, 9.17) is 14.9 Å². The average Bonchev–Trinajstić information content (AvgIpc) is 3.26. The van der Waals surface area contributed by atoms with Crippen LogP contribution in [0.1, 0.15) is 21.9 Å². The Morgan fingerprint density at radius 1 is 0.903 bits per heavy atom. The van der Waals surface area contributed by atoms with Gasteiger partial charge in [0.05, 0.1) is 0 Å². The molecule has 3 aromatic carbocycles. The lowest BCUT2D eigenvalue weighted by atomic mass is 10.1. The summed E-state index contributed by atoms with van der Waals surface area (Å²) in [6, 6.07) is 23.6. The molecule has 0 saturated heterocycles. The first kappa shape index (κ1) is 20.0. The van der Waals surface area contributed by atoms with Crippen molar-refractivity contribution in [2.24, 2.45) is 5.73 Å². The number of amides is 3. The zero-order valence-electron chi connectivity index (χ0n) is 16.6. The molecule has 7 nitrogen and oxygen atoms in total. The predicted octanol–water partition coefficient (Wildman–Crippen LogP) is 4.43. The van der Waals surface area contributed by atoms with Crippen molar-refractivity contribution in [3.8, 4) is 5.75 Å². The van der Waals surface area contributed by atoms with Crippen LogP contribution in [0.15, 0.2) is 83.3 Å². The third-order valence-corrected chi connectivity index (χ3v) is 4.66. The Bertz CT molecular complexity index is 1210. The molecule has 4 rings (SSSR count). The summed E-state index contributed by atoms with van der Waals surface area (Å²) in [7, 11) is 0. The summed E-state index contributed by atoms with van der Waals surface area (Å²) in [5.74, 6) is 1.18. The van der Waals surface area contributed by atoms with Crippen LogP contribution in [-0.2, 0) is 13.2 Å². The van der Waals surface area contributed by atoms with E-state index in [1.165, 1.54) is 0 Å². The van der Waals surface area contributed by atoms with Crippen molar-refractivity contribution < 1.29 is 18.7 Å². The van der Waals surface area contributed by atoms with Crippen LogP contribution < -0.4 is 21.1 Å². The maximum Gasteiger partial charge on any atom is 0.316 e. The Kier molecular flexibility index (Phi) is 5.84. The van der Waals surface area contributed by atoms with E-state index < -0.39 is 6.03 Å². The number of primary amides is 1. The molecule has 4 N–H and O–H groups in total. The van der Waals surface area contributed by atoms with Gasteiger partial charge in [-0.05, 0) is 52.7 Å². The molecule has 1 aromatic heterocycles. The normalized spacial score (nSPS) is 10.6. The number of carbonyl (C=O) groups is 2. The van der Waals surface area contributed by atoms with Crippen LogP contribution in [0.4, 0.5) is 10.5 Å². The number of nitrogens with two attached hydrogens (primary N) is 1. The number of rotatable bonds is 7. The van der Waals surface area contributed by atoms with Gasteiger partial charge >= 0.3 is 6.03 Å². The van der Waals surface area contributed by atoms with E-state index in [-0.39, 0.29) is 18.3 Å². The van der Waals surface area contributed by atoms with Gasteiger partial charge in [0.25, 0.3) is 5.91 Å². The zero-order chi connectivity index (χ0) is 21.6. The van der Waals surface area contributed by atoms with Crippen molar-refractivity contribution in [2.75, 3.05) is 5.32 Å². The fraction of sp³-hybridized carbons (Fsp3) is 0.0833. The van der Waals surface area contributed by atoms with Crippen molar-refractivity contribution in [3.05, 3.63) is 95.9 Å². The lowest BCUT2D eigenvalue weighted by Crippen LogP contribution is -2.22. The Hall–Kier alpha value is -4.26. The summed E-state index contributed by atoms with van der Waals surface area (Å²) in [6.45, 7) is 0.541. The Balaban J connectivity index is 1.30. The summed E-state index contributed by atoms with van der Waals surface area (Å²) < 4.78 is 11.4. The molecule has 0 aliphatic heterocycles. The second-order valence-corrected chi connectivity index (χ2v) is 6.93. The number of hydrogen-bond acceptors (Lipinski definition) is 4. The Morgan fingerprint density at radius 3 is 2.45 bits per heavy atom. The monoisotopic (exact) mass is 415 g/mol. The molecule has 0 spiro atoms. The molecule has 0 aliphatic carbocycles. The van der Waals surface area contributed by atoms with Gasteiger partial charge in [0.15, 0.2) is 5.76 Å². The van der Waals surface area contributed by atoms with E-state index in [1.807, 2.05) is 42.5 Å². The molecule has 0 radical (unpaired) electrons. The minimum Gasteiger partial charge on any atom is -0.486 e. The van der Waals surface area contributed by atoms with Gasteiger partial charge < -0.3 is 25.5 Å². The molecule has 0 bridgehead atoms. The molecule has 0 fully saturated rings. The standard InChI is InChI=1S/C24H21N3O4/c25-24(29)27-19-8-5-16(6-9-19)14-26-23(28)22-12-11-21(31-22)15-30-20-10-7-17-3-1-2-4-18(17)13-20/h1-13H,14-15H2,(H,26,28)(H3,25,27,29). The topological polar surface area (TPSA) is 107 Å². The number of fused-ring (bicyclic) bond motifs is 1. The smallest absolute Gasteiger partial charge is 0.316 e. The van der Waals surface area contributed by atoms with Gasteiger partial charge in [0, 0.05) is 12.2 Å². The van der Waals surface area contributed by atoms with Crippen molar-refractivity contribution >= 4 is 28.4 Å². The van der Waals surface area contributed by atoms with E-state index in [0.29, 0.717) is 18.0 Å². The molecule has 156 valence electrons. The summed E-state index contributed by atoms with van der Waals surface area (Å²) in [5, 5.41) is 7.52. The molecule has 0 unspecified atom stereocenters. The maximum absolute atomic E-state index is 12.3. The van der Waals surface area contributed by atoms with Crippen LogP contribution in [0.3, 0.4) is 0 Å². The number of anilines is 1. The second kappa shape index (κ2) is 9.04. The average molecular weight is 415 g/mol. The molecule has 31 heavy (non-hydrogen) atoms. The fourth-order valence-electron chi connectivity index (χ4n) is 3.11. The Morgan fingerprint density at radius 2 is 1.68 bits per heavy atom. The van der Waals surface area contributed by atoms with E-state index in [0.717, 1.165) is 22.1 Å². The van der Waals surface area contributed by atoms with Crippen LogP contribution in [0.25, 0.3) is 10.8 Å². The quantitative estimate of drug-likeness (QED) is 0.415. The van der Waals surface area contributed by atoms with E-state index >= 15 is 0 Å². The van der Waals surface area contributed by atoms with Crippen molar-refractivity contribution in [3.63, 3.8) is 0 Å². The fourth-order valence-corrected chi connectivity index (χ4v) is 3.11. The number of nitrogens with one attached hydrogen (secondary N) is 2. The molecule has 3 amide bonds. The van der Waals surface area contributed by atoms with Crippen LogP contribution in [0.5, 0.6) is 5.75 Å². The van der Waals surface area contributed by atoms with Crippen LogP contribution in [-0.4, -0.2) is 11.9 Å². The number of carbonyl (C=O) groups excluding carboxylic acids is 2. The van der Waals surface area contributed by atoms with Gasteiger partial charge in [-0.2, -0.15) is 0 Å². The van der Waals surface area contributed by atoms with Crippen molar-refractivity contribution in [1.82, 2.24) is 5.32 Å². The molecular weight excluding hydrogens is 394 g/mol. The lowest BCUT2D eigenvalue weighted by molar-refractivity contribution is 0.0919. The second-order valence-electron chi connectivity index (χ2n) is 6.93. The first-order valence-electron chi connectivity index (χ1n) is 9.71. The van der Waals surface area contributed by atoms with Gasteiger partial charge in [-0.25, -0.2) is 4.79 Å². The summed E-state index contributed by atoms with van der Waals surface area (Å²) >= 11 is 0. The van der Waals surface area contributed by atoms with Gasteiger partial charge in [0.2, 0.25) is 0 Å². The van der Waals surface area contributed by atoms with Crippen molar-refractivity contribution in [2.45, 2.75) is 13.2 Å². The number of hydrogen-bond donors (Lipinski definition) is 3. The molecule has 0 saturated carbocycles. The van der Waals surface area contributed by atoms with Gasteiger partial charge in [-0.3, -0.25) is 4.79 Å². The third-order valence-electron chi connectivity index (χ3n) is 4.66. The molecule has 4 aromatic rings. The molecule has 0 aliphatic rings. The van der Waals surface area contributed by atoms with Gasteiger partial charge in [-0.15, -0.1) is 0 Å². The Labute approximate surface area is 178 Å². The number of benzene rings is 3. The van der Waals surface area contributed by atoms with Crippen molar-refractivity contribution in [1.29, 1.82) is 0 Å². The van der Waals surface area contributed by atoms with E-state index in [2.05, 4.69) is 10.6 Å². The maximum atomic E-state index is 12.3. The van der Waals surface area contributed by atoms with Gasteiger partial charge in [0.1, 0.15) is 18.1 Å². The molecular formula is C24H21N3O4. The SMILES string of the molecule is NC(=O)Nc1ccc(CNC(=O)c2ccc(COc3ccc4ccccc4c3)o2)cc1. The van der Waals surface area contributed by atoms with Crippen LogP contribution >= 0.6 is 0 Å². The van der Waals surface area contributed by atoms with E-state index in [1.54, 1.807) is 36.4 Å². The zero-order valence-corrected chi connectivity index (χ0v) is 16.6. The van der Waals surface area contributed by atoms with Gasteiger partial charge in [-0.1, -0.05) is 42.5 Å². The first-order valence-corrected chi connectivity index (χ1v) is 9.71. The highest BCUT2D eigenvalue weighted by Crippen LogP contribution is 2.22.